The molecule has 1 amide bonds. The topological polar surface area (TPSA) is 43.8 Å². The van der Waals surface area contributed by atoms with Crippen LogP contribution in [-0.4, -0.2) is 54.1 Å². The number of hydrogen-bond acceptors (Lipinski definition) is 3. The third-order valence-electron chi connectivity index (χ3n) is 3.45. The Kier molecular flexibility index (Phi) is 4.56. The maximum atomic E-state index is 12.3. The number of likely N-dealkylation sites (tertiary alicyclic amines) is 1. The van der Waals surface area contributed by atoms with Crippen LogP contribution < -0.4 is 0 Å². The number of amides is 1. The van der Waals surface area contributed by atoms with Gasteiger partial charge in [0.2, 0.25) is 0 Å². The largest absolute Gasteiger partial charge is 0.393 e. The van der Waals surface area contributed by atoms with Crippen LogP contribution in [-0.2, 0) is 6.54 Å². The van der Waals surface area contributed by atoms with Crippen LogP contribution in [0.1, 0.15) is 28.8 Å². The Bertz CT molecular complexity index is 420. The Morgan fingerprint density at radius 3 is 2.37 bits per heavy atom. The second kappa shape index (κ2) is 6.17. The number of piperidine rings is 1. The molecule has 4 heteroatoms. The first kappa shape index (κ1) is 14.0. The Hall–Kier alpha value is -1.39. The minimum Gasteiger partial charge on any atom is -0.393 e. The highest BCUT2D eigenvalue weighted by Gasteiger charge is 2.22. The Labute approximate surface area is 114 Å². The van der Waals surface area contributed by atoms with Crippen molar-refractivity contribution in [1.29, 1.82) is 0 Å². The lowest BCUT2D eigenvalue weighted by molar-refractivity contribution is 0.0546. The summed E-state index contributed by atoms with van der Waals surface area (Å²) in [5, 5.41) is 9.46. The van der Waals surface area contributed by atoms with Crippen LogP contribution in [0.15, 0.2) is 24.3 Å². The first-order valence-electron chi connectivity index (χ1n) is 6.77. The molecule has 0 spiro atoms. The molecule has 1 N–H and O–H groups in total. The number of rotatable bonds is 3. The van der Waals surface area contributed by atoms with Crippen molar-refractivity contribution in [3.63, 3.8) is 0 Å². The molecule has 19 heavy (non-hydrogen) atoms. The summed E-state index contributed by atoms with van der Waals surface area (Å²) >= 11 is 0. The van der Waals surface area contributed by atoms with Gasteiger partial charge in [0.25, 0.3) is 5.91 Å². The van der Waals surface area contributed by atoms with E-state index in [1.54, 1.807) is 0 Å². The highest BCUT2D eigenvalue weighted by atomic mass is 16.3. The smallest absolute Gasteiger partial charge is 0.253 e. The Morgan fingerprint density at radius 1 is 1.26 bits per heavy atom. The minimum absolute atomic E-state index is 0.0725. The number of carbonyl (C=O) groups is 1. The van der Waals surface area contributed by atoms with E-state index in [2.05, 4.69) is 4.90 Å². The number of hydrogen-bond donors (Lipinski definition) is 1. The van der Waals surface area contributed by atoms with E-state index < -0.39 is 0 Å². The van der Waals surface area contributed by atoms with Crippen molar-refractivity contribution in [3.8, 4) is 0 Å². The summed E-state index contributed by atoms with van der Waals surface area (Å²) in [5.74, 6) is 0.0725. The van der Waals surface area contributed by atoms with Crippen molar-refractivity contribution < 1.29 is 9.90 Å². The van der Waals surface area contributed by atoms with Crippen LogP contribution in [0, 0.1) is 0 Å². The average Bonchev–Trinajstić information content (AvgIpc) is 2.39. The normalized spacial score (nSPS) is 16.9. The summed E-state index contributed by atoms with van der Waals surface area (Å²) in [6.07, 6.45) is 1.13. The average molecular weight is 262 g/mol. The lowest BCUT2D eigenvalue weighted by atomic mass is 10.1. The molecule has 0 atom stereocenters. The highest BCUT2D eigenvalue weighted by molar-refractivity contribution is 5.94. The minimum atomic E-state index is -0.244. The van der Waals surface area contributed by atoms with Gasteiger partial charge in [0.1, 0.15) is 0 Å². The van der Waals surface area contributed by atoms with Crippen LogP contribution in [0.4, 0.5) is 0 Å². The van der Waals surface area contributed by atoms with E-state index in [0.29, 0.717) is 25.9 Å². The van der Waals surface area contributed by atoms with Gasteiger partial charge in [0.15, 0.2) is 0 Å². The summed E-state index contributed by atoms with van der Waals surface area (Å²) in [4.78, 5) is 16.2. The maximum Gasteiger partial charge on any atom is 0.253 e. The molecule has 4 nitrogen and oxygen atoms in total. The summed E-state index contributed by atoms with van der Waals surface area (Å²) < 4.78 is 0. The third-order valence-corrected chi connectivity index (χ3v) is 3.45. The molecule has 0 saturated carbocycles. The molecule has 0 aliphatic carbocycles. The summed E-state index contributed by atoms with van der Waals surface area (Å²) in [6.45, 7) is 2.18. The predicted octanol–water partition coefficient (Wildman–Crippen LogP) is 1.35. The molecule has 1 saturated heterocycles. The number of benzene rings is 1. The van der Waals surface area contributed by atoms with Crippen LogP contribution in [0.3, 0.4) is 0 Å². The molecule has 1 aliphatic heterocycles. The molecule has 1 aliphatic rings. The molecule has 1 aromatic carbocycles. The molecule has 104 valence electrons. The van der Waals surface area contributed by atoms with Crippen molar-refractivity contribution in [1.82, 2.24) is 9.80 Å². The standard InChI is InChI=1S/C15H22N2O2/c1-16(2)11-12-3-5-13(6-4-12)15(19)17-9-7-14(18)8-10-17/h3-6,14,18H,7-11H2,1-2H3. The van der Waals surface area contributed by atoms with E-state index in [-0.39, 0.29) is 12.0 Å². The number of nitrogens with zero attached hydrogens (tertiary/aromatic N) is 2. The third kappa shape index (κ3) is 3.78. The van der Waals surface area contributed by atoms with Crippen molar-refractivity contribution >= 4 is 5.91 Å². The molecule has 2 rings (SSSR count). The van der Waals surface area contributed by atoms with Crippen LogP contribution >= 0.6 is 0 Å². The fraction of sp³-hybridized carbons (Fsp3) is 0.533. The summed E-state index contributed by atoms with van der Waals surface area (Å²) in [6, 6.07) is 7.80. The van der Waals surface area contributed by atoms with E-state index in [4.69, 9.17) is 0 Å². The first-order valence-corrected chi connectivity index (χ1v) is 6.77. The number of carbonyl (C=O) groups excluding carboxylic acids is 1. The van der Waals surface area contributed by atoms with E-state index >= 15 is 0 Å². The van der Waals surface area contributed by atoms with Crippen molar-refractivity contribution in [2.45, 2.75) is 25.5 Å². The quantitative estimate of drug-likeness (QED) is 0.894. The second-order valence-corrected chi connectivity index (χ2v) is 5.46. The van der Waals surface area contributed by atoms with Crippen LogP contribution in [0.2, 0.25) is 0 Å². The van der Waals surface area contributed by atoms with Gasteiger partial charge >= 0.3 is 0 Å². The van der Waals surface area contributed by atoms with Crippen molar-refractivity contribution in [2.24, 2.45) is 0 Å². The summed E-state index contributed by atoms with van der Waals surface area (Å²) in [5.41, 5.74) is 1.94. The van der Waals surface area contributed by atoms with Crippen LogP contribution in [0.25, 0.3) is 0 Å². The second-order valence-electron chi connectivity index (χ2n) is 5.46. The van der Waals surface area contributed by atoms with Gasteiger partial charge in [0.05, 0.1) is 6.10 Å². The van der Waals surface area contributed by atoms with Gasteiger partial charge in [-0.05, 0) is 44.6 Å². The highest BCUT2D eigenvalue weighted by Crippen LogP contribution is 2.14. The van der Waals surface area contributed by atoms with Gasteiger partial charge in [-0.15, -0.1) is 0 Å². The van der Waals surface area contributed by atoms with Crippen LogP contribution in [0.5, 0.6) is 0 Å². The van der Waals surface area contributed by atoms with E-state index in [0.717, 1.165) is 12.1 Å². The lowest BCUT2D eigenvalue weighted by Gasteiger charge is -2.29. The van der Waals surface area contributed by atoms with E-state index in [1.165, 1.54) is 5.56 Å². The number of aliphatic hydroxyl groups is 1. The molecular formula is C15H22N2O2. The molecule has 0 unspecified atom stereocenters. The molecule has 0 aromatic heterocycles. The Morgan fingerprint density at radius 2 is 1.84 bits per heavy atom. The van der Waals surface area contributed by atoms with Gasteiger partial charge < -0.3 is 14.9 Å². The fourth-order valence-electron chi connectivity index (χ4n) is 2.37. The zero-order valence-corrected chi connectivity index (χ0v) is 11.7. The Balaban J connectivity index is 1.99. The van der Waals surface area contributed by atoms with Gasteiger partial charge in [-0.1, -0.05) is 12.1 Å². The van der Waals surface area contributed by atoms with E-state index in [1.807, 2.05) is 43.3 Å². The molecular weight excluding hydrogens is 240 g/mol. The van der Waals surface area contributed by atoms with Gasteiger partial charge in [-0.2, -0.15) is 0 Å². The molecule has 1 heterocycles. The number of aliphatic hydroxyl groups excluding tert-OH is 1. The zero-order valence-electron chi connectivity index (χ0n) is 11.7. The monoisotopic (exact) mass is 262 g/mol. The molecule has 0 radical (unpaired) electrons. The molecule has 1 fully saturated rings. The summed E-state index contributed by atoms with van der Waals surface area (Å²) in [7, 11) is 4.05. The van der Waals surface area contributed by atoms with Crippen molar-refractivity contribution in [2.75, 3.05) is 27.2 Å². The van der Waals surface area contributed by atoms with E-state index in [9.17, 15) is 9.90 Å². The molecule has 1 aromatic rings. The fourth-order valence-corrected chi connectivity index (χ4v) is 2.37. The maximum absolute atomic E-state index is 12.3. The van der Waals surface area contributed by atoms with Gasteiger partial charge in [-0.25, -0.2) is 0 Å². The predicted molar refractivity (Wildman–Crippen MR) is 75.0 cm³/mol. The first-order chi connectivity index (χ1) is 9.06. The SMILES string of the molecule is CN(C)Cc1ccc(C(=O)N2CCC(O)CC2)cc1. The van der Waals surface area contributed by atoms with Crippen molar-refractivity contribution in [3.05, 3.63) is 35.4 Å². The van der Waals surface area contributed by atoms with Gasteiger partial charge in [0, 0.05) is 25.2 Å². The lowest BCUT2D eigenvalue weighted by Crippen LogP contribution is -2.40. The molecule has 0 bridgehead atoms. The van der Waals surface area contributed by atoms with Gasteiger partial charge in [-0.3, -0.25) is 4.79 Å². The zero-order chi connectivity index (χ0) is 13.8.